The molecule has 0 radical (unpaired) electrons. The minimum Gasteiger partial charge on any atom is -0.352 e. The average Bonchev–Trinajstić information content (AvgIpc) is 2.28. The molecule has 1 rings (SSSR count). The van der Waals surface area contributed by atoms with Gasteiger partial charge in [-0.25, -0.2) is 0 Å². The van der Waals surface area contributed by atoms with Crippen molar-refractivity contribution in [2.75, 3.05) is 6.54 Å². The van der Waals surface area contributed by atoms with Crippen molar-refractivity contribution in [3.63, 3.8) is 0 Å². The Morgan fingerprint density at radius 3 is 2.69 bits per heavy atom. The summed E-state index contributed by atoms with van der Waals surface area (Å²) in [4.78, 5) is 21.8. The molecule has 1 aromatic carbocycles. The number of aldehydes is 1. The van der Waals surface area contributed by atoms with Gasteiger partial charge in [0, 0.05) is 25.7 Å². The third kappa shape index (κ3) is 4.36. The van der Waals surface area contributed by atoms with Crippen molar-refractivity contribution in [3.05, 3.63) is 30.9 Å². The van der Waals surface area contributed by atoms with Gasteiger partial charge in [0.05, 0.1) is 0 Å². The fourth-order valence-corrected chi connectivity index (χ4v) is 1.98. The van der Waals surface area contributed by atoms with Gasteiger partial charge in [0.25, 0.3) is 5.91 Å². The van der Waals surface area contributed by atoms with E-state index in [4.69, 9.17) is 0 Å². The molecule has 1 amide bonds. The van der Waals surface area contributed by atoms with Crippen molar-refractivity contribution in [1.82, 2.24) is 5.32 Å². The molecule has 0 aliphatic carbocycles. The zero-order valence-corrected chi connectivity index (χ0v) is 12.8. The summed E-state index contributed by atoms with van der Waals surface area (Å²) in [5, 5.41) is 2.78. The van der Waals surface area contributed by atoms with Gasteiger partial charge in [-0.05, 0) is 69.8 Å². The number of carbonyl (C=O) groups excluding carboxylic acids is 2. The second-order valence-corrected chi connectivity index (χ2v) is 5.52. The van der Waals surface area contributed by atoms with E-state index < -0.39 is 0 Å². The Hall–Kier alpha value is -0.180. The van der Waals surface area contributed by atoms with Crippen LogP contribution in [0.5, 0.6) is 0 Å². The van der Waals surface area contributed by atoms with Gasteiger partial charge in [0.15, 0.2) is 0 Å². The smallest absolute Gasteiger partial charge is 0.251 e. The van der Waals surface area contributed by atoms with Crippen molar-refractivity contribution in [2.24, 2.45) is 0 Å². The first-order valence-electron chi connectivity index (χ1n) is 4.82. The maximum absolute atomic E-state index is 11.7. The molecular weight excluding hydrogens is 432 g/mol. The zero-order chi connectivity index (χ0) is 12.0. The Morgan fingerprint density at radius 2 is 2.06 bits per heavy atom. The first kappa shape index (κ1) is 13.9. The SMILES string of the molecule is O=CCCCNC(=O)c1ccc(I)c(I)c1. The van der Waals surface area contributed by atoms with Crippen molar-refractivity contribution in [2.45, 2.75) is 12.8 Å². The van der Waals surface area contributed by atoms with Gasteiger partial charge >= 0.3 is 0 Å². The lowest BCUT2D eigenvalue weighted by atomic mass is 10.2. The minimum atomic E-state index is -0.0831. The van der Waals surface area contributed by atoms with Crippen LogP contribution in [0.25, 0.3) is 0 Å². The maximum atomic E-state index is 11.7. The summed E-state index contributed by atoms with van der Waals surface area (Å²) in [5.41, 5.74) is 0.663. The summed E-state index contributed by atoms with van der Waals surface area (Å²) in [6.07, 6.45) is 2.04. The second kappa shape index (κ2) is 7.21. The van der Waals surface area contributed by atoms with Crippen LogP contribution in [0.3, 0.4) is 0 Å². The average molecular weight is 443 g/mol. The molecule has 16 heavy (non-hydrogen) atoms. The van der Waals surface area contributed by atoms with Crippen molar-refractivity contribution < 1.29 is 9.59 Å². The Labute approximate surface area is 122 Å². The van der Waals surface area contributed by atoms with E-state index in [1.807, 2.05) is 12.1 Å². The Bertz CT molecular complexity index is 394. The highest BCUT2D eigenvalue weighted by atomic mass is 127. The molecule has 0 fully saturated rings. The monoisotopic (exact) mass is 443 g/mol. The highest BCUT2D eigenvalue weighted by Crippen LogP contribution is 2.16. The quantitative estimate of drug-likeness (QED) is 0.433. The lowest BCUT2D eigenvalue weighted by molar-refractivity contribution is -0.107. The number of unbranched alkanes of at least 4 members (excludes halogenated alkanes) is 1. The van der Waals surface area contributed by atoms with Crippen LogP contribution in [0.2, 0.25) is 0 Å². The van der Waals surface area contributed by atoms with E-state index in [0.29, 0.717) is 24.9 Å². The Balaban J connectivity index is 2.52. The molecule has 0 saturated heterocycles. The van der Waals surface area contributed by atoms with Crippen molar-refractivity contribution in [3.8, 4) is 0 Å². The van der Waals surface area contributed by atoms with Crippen LogP contribution in [0, 0.1) is 7.14 Å². The molecule has 1 aromatic rings. The zero-order valence-electron chi connectivity index (χ0n) is 8.50. The molecule has 0 unspecified atom stereocenters. The molecule has 5 heteroatoms. The predicted octanol–water partition coefficient (Wildman–Crippen LogP) is 2.60. The number of amides is 1. The number of carbonyl (C=O) groups is 2. The molecule has 0 atom stereocenters. The van der Waals surface area contributed by atoms with E-state index in [-0.39, 0.29) is 5.91 Å². The van der Waals surface area contributed by atoms with E-state index in [0.717, 1.165) is 13.4 Å². The number of hydrogen-bond donors (Lipinski definition) is 1. The molecule has 0 saturated carbocycles. The van der Waals surface area contributed by atoms with Crippen molar-refractivity contribution >= 4 is 57.4 Å². The fraction of sp³-hybridized carbons (Fsp3) is 0.273. The van der Waals surface area contributed by atoms with Crippen LogP contribution in [0.1, 0.15) is 23.2 Å². The van der Waals surface area contributed by atoms with Gasteiger partial charge in [-0.15, -0.1) is 0 Å². The second-order valence-electron chi connectivity index (χ2n) is 3.19. The number of benzene rings is 1. The molecule has 0 aliphatic heterocycles. The van der Waals surface area contributed by atoms with E-state index >= 15 is 0 Å². The van der Waals surface area contributed by atoms with Gasteiger partial charge in [-0.2, -0.15) is 0 Å². The van der Waals surface area contributed by atoms with Crippen LogP contribution in [0.15, 0.2) is 18.2 Å². The van der Waals surface area contributed by atoms with E-state index in [1.54, 1.807) is 6.07 Å². The van der Waals surface area contributed by atoms with Gasteiger partial charge in [0.1, 0.15) is 6.29 Å². The van der Waals surface area contributed by atoms with Crippen LogP contribution >= 0.6 is 45.2 Å². The predicted molar refractivity (Wildman–Crippen MR) is 79.5 cm³/mol. The minimum absolute atomic E-state index is 0.0831. The third-order valence-corrected chi connectivity index (χ3v) is 4.83. The molecule has 0 heterocycles. The highest BCUT2D eigenvalue weighted by molar-refractivity contribution is 14.1. The summed E-state index contributed by atoms with van der Waals surface area (Å²) >= 11 is 4.43. The first-order chi connectivity index (χ1) is 7.65. The Kier molecular flexibility index (Phi) is 6.25. The van der Waals surface area contributed by atoms with Crippen LogP contribution in [0.4, 0.5) is 0 Å². The third-order valence-electron chi connectivity index (χ3n) is 1.97. The van der Waals surface area contributed by atoms with Gasteiger partial charge < -0.3 is 10.1 Å². The lowest BCUT2D eigenvalue weighted by Gasteiger charge is -2.05. The topological polar surface area (TPSA) is 46.2 Å². The molecule has 0 bridgehead atoms. The molecule has 86 valence electrons. The summed E-state index contributed by atoms with van der Waals surface area (Å²) < 4.78 is 2.20. The number of rotatable bonds is 5. The number of nitrogens with one attached hydrogen (secondary N) is 1. The normalized spacial score (nSPS) is 9.88. The number of hydrogen-bond acceptors (Lipinski definition) is 2. The molecule has 0 spiro atoms. The molecule has 0 aromatic heterocycles. The first-order valence-corrected chi connectivity index (χ1v) is 6.98. The van der Waals surface area contributed by atoms with Gasteiger partial charge in [-0.1, -0.05) is 0 Å². The van der Waals surface area contributed by atoms with E-state index in [9.17, 15) is 9.59 Å². The van der Waals surface area contributed by atoms with Gasteiger partial charge in [0.2, 0.25) is 0 Å². The largest absolute Gasteiger partial charge is 0.352 e. The summed E-state index contributed by atoms with van der Waals surface area (Å²) in [5.74, 6) is -0.0831. The summed E-state index contributed by atoms with van der Waals surface area (Å²) in [7, 11) is 0. The van der Waals surface area contributed by atoms with E-state index in [2.05, 4.69) is 50.5 Å². The van der Waals surface area contributed by atoms with Crippen LogP contribution in [-0.2, 0) is 4.79 Å². The number of halogens is 2. The molecule has 1 N–H and O–H groups in total. The summed E-state index contributed by atoms with van der Waals surface area (Å²) in [6, 6.07) is 5.58. The van der Waals surface area contributed by atoms with Crippen LogP contribution < -0.4 is 5.32 Å². The Morgan fingerprint density at radius 1 is 1.31 bits per heavy atom. The van der Waals surface area contributed by atoms with Crippen molar-refractivity contribution in [1.29, 1.82) is 0 Å². The van der Waals surface area contributed by atoms with Gasteiger partial charge in [-0.3, -0.25) is 4.79 Å². The maximum Gasteiger partial charge on any atom is 0.251 e. The summed E-state index contributed by atoms with van der Waals surface area (Å²) in [6.45, 7) is 0.542. The lowest BCUT2D eigenvalue weighted by Crippen LogP contribution is -2.24. The van der Waals surface area contributed by atoms with Crippen LogP contribution in [-0.4, -0.2) is 18.7 Å². The molecule has 3 nitrogen and oxygen atoms in total. The fourth-order valence-electron chi connectivity index (χ4n) is 1.13. The molecule has 0 aliphatic rings. The van der Waals surface area contributed by atoms with E-state index in [1.165, 1.54) is 0 Å². The molecular formula is C11H11I2NO2. The standard InChI is InChI=1S/C11H11I2NO2/c12-9-4-3-8(7-10(9)13)11(16)14-5-1-2-6-15/h3-4,6-7H,1-2,5H2,(H,14,16). The highest BCUT2D eigenvalue weighted by Gasteiger charge is 2.06.